The van der Waals surface area contributed by atoms with Crippen LogP contribution in [0.2, 0.25) is 0 Å². The van der Waals surface area contributed by atoms with Crippen LogP contribution in [0.4, 0.5) is 9.52 Å². The summed E-state index contributed by atoms with van der Waals surface area (Å²) in [6.45, 7) is 1.83. The van der Waals surface area contributed by atoms with E-state index in [0.717, 1.165) is 5.69 Å². The molecule has 2 heterocycles. The molecule has 2 aromatic heterocycles. The van der Waals surface area contributed by atoms with Crippen LogP contribution in [0.5, 0.6) is 0 Å². The van der Waals surface area contributed by atoms with Gasteiger partial charge in [0.25, 0.3) is 0 Å². The average Bonchev–Trinajstić information content (AvgIpc) is 3.04. The summed E-state index contributed by atoms with van der Waals surface area (Å²) in [7, 11) is 0. The number of aliphatic hydroxyl groups excluding tert-OH is 1. The molecule has 0 spiro atoms. The van der Waals surface area contributed by atoms with Crippen molar-refractivity contribution in [1.29, 1.82) is 0 Å². The Morgan fingerprint density at radius 3 is 2.61 bits per heavy atom. The molecule has 2 atom stereocenters. The van der Waals surface area contributed by atoms with Crippen molar-refractivity contribution in [1.82, 2.24) is 15.2 Å². The fourth-order valence-electron chi connectivity index (χ4n) is 2.10. The number of benzene rings is 1. The number of halogens is 1. The van der Waals surface area contributed by atoms with Crippen molar-refractivity contribution in [3.8, 4) is 10.7 Å². The van der Waals surface area contributed by atoms with Gasteiger partial charge >= 0.3 is 0 Å². The number of nitrogens with one attached hydrogen (secondary N) is 1. The van der Waals surface area contributed by atoms with E-state index in [1.807, 2.05) is 25.1 Å². The predicted octanol–water partition coefficient (Wildman–Crippen LogP) is 3.27. The molecule has 0 radical (unpaired) electrons. The van der Waals surface area contributed by atoms with Crippen LogP contribution in [0.15, 0.2) is 48.7 Å². The van der Waals surface area contributed by atoms with Gasteiger partial charge in [-0.15, -0.1) is 10.2 Å². The second kappa shape index (κ2) is 6.80. The minimum Gasteiger partial charge on any atom is -0.386 e. The number of anilines is 1. The lowest BCUT2D eigenvalue weighted by Crippen LogP contribution is -2.24. The number of aliphatic hydroxyl groups is 1. The van der Waals surface area contributed by atoms with Gasteiger partial charge in [0.15, 0.2) is 5.01 Å². The third kappa shape index (κ3) is 3.69. The Morgan fingerprint density at radius 2 is 1.91 bits per heavy atom. The highest BCUT2D eigenvalue weighted by Crippen LogP contribution is 2.27. The number of rotatable bonds is 5. The molecule has 0 saturated carbocycles. The van der Waals surface area contributed by atoms with Gasteiger partial charge in [0.2, 0.25) is 5.13 Å². The van der Waals surface area contributed by atoms with Gasteiger partial charge in [-0.1, -0.05) is 29.5 Å². The first-order valence-corrected chi connectivity index (χ1v) is 7.90. The molecule has 0 aliphatic carbocycles. The molecule has 23 heavy (non-hydrogen) atoms. The Morgan fingerprint density at radius 1 is 1.13 bits per heavy atom. The van der Waals surface area contributed by atoms with E-state index in [9.17, 15) is 9.50 Å². The first-order chi connectivity index (χ1) is 11.1. The molecule has 0 aliphatic rings. The summed E-state index contributed by atoms with van der Waals surface area (Å²) in [6.07, 6.45) is 0.919. The van der Waals surface area contributed by atoms with E-state index in [2.05, 4.69) is 20.5 Å². The smallest absolute Gasteiger partial charge is 0.206 e. The molecule has 2 N–H and O–H groups in total. The minimum absolute atomic E-state index is 0.301. The normalized spacial score (nSPS) is 13.5. The van der Waals surface area contributed by atoms with Crippen molar-refractivity contribution in [3.63, 3.8) is 0 Å². The van der Waals surface area contributed by atoms with E-state index in [1.54, 1.807) is 18.3 Å². The lowest BCUT2D eigenvalue weighted by Gasteiger charge is -2.19. The highest BCUT2D eigenvalue weighted by molar-refractivity contribution is 7.18. The molecule has 5 nitrogen and oxygen atoms in total. The summed E-state index contributed by atoms with van der Waals surface area (Å²) in [4.78, 5) is 4.23. The van der Waals surface area contributed by atoms with Crippen molar-refractivity contribution in [2.24, 2.45) is 0 Å². The maximum absolute atomic E-state index is 12.9. The van der Waals surface area contributed by atoms with E-state index in [4.69, 9.17) is 0 Å². The molecule has 0 fully saturated rings. The molecule has 0 unspecified atom stereocenters. The third-order valence-corrected chi connectivity index (χ3v) is 4.22. The van der Waals surface area contributed by atoms with Crippen LogP contribution >= 0.6 is 11.3 Å². The lowest BCUT2D eigenvalue weighted by atomic mass is 10.0. The highest BCUT2D eigenvalue weighted by atomic mass is 32.1. The van der Waals surface area contributed by atoms with Crippen molar-refractivity contribution in [3.05, 3.63) is 60.0 Å². The van der Waals surface area contributed by atoms with Crippen molar-refractivity contribution in [2.75, 3.05) is 5.32 Å². The zero-order chi connectivity index (χ0) is 16.2. The lowest BCUT2D eigenvalue weighted by molar-refractivity contribution is 0.160. The van der Waals surface area contributed by atoms with Gasteiger partial charge in [0, 0.05) is 6.20 Å². The van der Waals surface area contributed by atoms with Gasteiger partial charge < -0.3 is 10.4 Å². The zero-order valence-electron chi connectivity index (χ0n) is 12.3. The van der Waals surface area contributed by atoms with Crippen molar-refractivity contribution < 1.29 is 9.50 Å². The van der Waals surface area contributed by atoms with Crippen LogP contribution in [0.1, 0.15) is 18.6 Å². The van der Waals surface area contributed by atoms with Crippen LogP contribution in [0.25, 0.3) is 10.7 Å². The topological polar surface area (TPSA) is 70.9 Å². The Bertz CT molecular complexity index is 763. The van der Waals surface area contributed by atoms with Gasteiger partial charge in [-0.05, 0) is 36.8 Å². The largest absolute Gasteiger partial charge is 0.386 e. The summed E-state index contributed by atoms with van der Waals surface area (Å²) in [5.41, 5.74) is 1.39. The van der Waals surface area contributed by atoms with Crippen LogP contribution in [-0.4, -0.2) is 26.3 Å². The summed E-state index contributed by atoms with van der Waals surface area (Å²) >= 11 is 1.36. The molecule has 3 aromatic rings. The molecule has 0 amide bonds. The summed E-state index contributed by atoms with van der Waals surface area (Å²) in [5.74, 6) is -0.328. The first-order valence-electron chi connectivity index (χ1n) is 7.08. The number of pyridine rings is 1. The Hall–Kier alpha value is -2.38. The third-order valence-electron chi connectivity index (χ3n) is 3.35. The Labute approximate surface area is 136 Å². The molecule has 7 heteroatoms. The molecular weight excluding hydrogens is 315 g/mol. The Kier molecular flexibility index (Phi) is 4.59. The maximum atomic E-state index is 12.9. The van der Waals surface area contributed by atoms with Crippen LogP contribution in [-0.2, 0) is 0 Å². The quantitative estimate of drug-likeness (QED) is 0.751. The predicted molar refractivity (Wildman–Crippen MR) is 87.6 cm³/mol. The molecule has 0 saturated heterocycles. The van der Waals surface area contributed by atoms with E-state index < -0.39 is 6.10 Å². The minimum atomic E-state index is -0.780. The van der Waals surface area contributed by atoms with E-state index in [0.29, 0.717) is 15.7 Å². The molecular formula is C16H15FN4OS. The van der Waals surface area contributed by atoms with Gasteiger partial charge in [-0.25, -0.2) is 4.39 Å². The number of aromatic nitrogens is 3. The Balaban J connectivity index is 1.69. The van der Waals surface area contributed by atoms with Crippen LogP contribution in [0.3, 0.4) is 0 Å². The van der Waals surface area contributed by atoms with Crippen molar-refractivity contribution in [2.45, 2.75) is 19.1 Å². The SMILES string of the molecule is C[C@H](Nc1nnc(-c2ccccn2)s1)[C@H](O)c1ccc(F)cc1. The fraction of sp³-hybridized carbons (Fsp3) is 0.188. The van der Waals surface area contributed by atoms with E-state index in [-0.39, 0.29) is 11.9 Å². The fourth-order valence-corrected chi connectivity index (χ4v) is 2.91. The molecule has 118 valence electrons. The van der Waals surface area contributed by atoms with E-state index >= 15 is 0 Å². The monoisotopic (exact) mass is 330 g/mol. The van der Waals surface area contributed by atoms with Crippen LogP contribution < -0.4 is 5.32 Å². The maximum Gasteiger partial charge on any atom is 0.206 e. The second-order valence-electron chi connectivity index (χ2n) is 5.06. The highest BCUT2D eigenvalue weighted by Gasteiger charge is 2.18. The molecule has 0 bridgehead atoms. The first kappa shape index (κ1) is 15.5. The number of nitrogens with zero attached hydrogens (tertiary/aromatic N) is 3. The number of hydrogen-bond donors (Lipinski definition) is 2. The summed E-state index contributed by atoms with van der Waals surface area (Å²) in [5, 5.41) is 22.9. The van der Waals surface area contributed by atoms with Gasteiger partial charge in [-0.3, -0.25) is 4.98 Å². The molecule has 3 rings (SSSR count). The molecule has 1 aromatic carbocycles. The zero-order valence-corrected chi connectivity index (χ0v) is 13.2. The summed E-state index contributed by atoms with van der Waals surface area (Å²) in [6, 6.07) is 11.1. The standard InChI is InChI=1S/C16H15FN4OS/c1-10(14(22)11-5-7-12(17)8-6-11)19-16-21-20-15(23-16)13-4-2-3-9-18-13/h2-10,14,22H,1H3,(H,19,21)/t10-,14-/m0/s1. The van der Waals surface area contributed by atoms with Crippen LogP contribution in [0, 0.1) is 5.82 Å². The van der Waals surface area contributed by atoms with E-state index in [1.165, 1.54) is 23.5 Å². The van der Waals surface area contributed by atoms with Crippen molar-refractivity contribution >= 4 is 16.5 Å². The average molecular weight is 330 g/mol. The van der Waals surface area contributed by atoms with Gasteiger partial charge in [0.05, 0.1) is 12.1 Å². The number of hydrogen-bond acceptors (Lipinski definition) is 6. The van der Waals surface area contributed by atoms with Gasteiger partial charge in [-0.2, -0.15) is 0 Å². The van der Waals surface area contributed by atoms with Gasteiger partial charge in [0.1, 0.15) is 11.5 Å². The summed E-state index contributed by atoms with van der Waals surface area (Å²) < 4.78 is 12.9. The second-order valence-corrected chi connectivity index (χ2v) is 6.03. The molecule has 0 aliphatic heterocycles.